The lowest BCUT2D eigenvalue weighted by Gasteiger charge is -2.11. The van der Waals surface area contributed by atoms with Gasteiger partial charge in [0.15, 0.2) is 0 Å². The van der Waals surface area contributed by atoms with E-state index in [-0.39, 0.29) is 17.3 Å². The summed E-state index contributed by atoms with van der Waals surface area (Å²) in [6.45, 7) is 0. The zero-order chi connectivity index (χ0) is 15.5. The predicted molar refractivity (Wildman–Crippen MR) is 86.4 cm³/mol. The number of aromatic nitrogens is 2. The maximum absolute atomic E-state index is 9.36. The highest BCUT2D eigenvalue weighted by Crippen LogP contribution is 2.34. The normalized spacial score (nSPS) is 10.1. The SMILES string of the molecule is N#Cc1c(N)nc(N)nc1-c1ccccc1-c1ccccc1. The van der Waals surface area contributed by atoms with E-state index in [1.165, 1.54) is 0 Å². The summed E-state index contributed by atoms with van der Waals surface area (Å²) >= 11 is 0. The minimum absolute atomic E-state index is 0.0503. The molecular weight excluding hydrogens is 274 g/mol. The topological polar surface area (TPSA) is 102 Å². The van der Waals surface area contributed by atoms with Crippen LogP contribution in [0.1, 0.15) is 5.56 Å². The number of nitrogen functional groups attached to an aromatic ring is 2. The van der Waals surface area contributed by atoms with Crippen LogP contribution in [-0.4, -0.2) is 9.97 Å². The Hall–Kier alpha value is -3.39. The predicted octanol–water partition coefficient (Wildman–Crippen LogP) is 2.85. The Morgan fingerprint density at radius 1 is 0.818 bits per heavy atom. The van der Waals surface area contributed by atoms with Crippen molar-refractivity contribution in [1.82, 2.24) is 9.97 Å². The number of nitriles is 1. The fourth-order valence-electron chi connectivity index (χ4n) is 2.36. The van der Waals surface area contributed by atoms with Crippen LogP contribution in [0, 0.1) is 11.3 Å². The first-order valence-corrected chi connectivity index (χ1v) is 6.68. The van der Waals surface area contributed by atoms with Gasteiger partial charge in [-0.3, -0.25) is 0 Å². The standard InChI is InChI=1S/C17H13N5/c18-10-14-15(21-17(20)22-16(14)19)13-9-5-4-8-12(13)11-6-2-1-3-7-11/h1-9H,(H4,19,20,21,22). The largest absolute Gasteiger partial charge is 0.382 e. The van der Waals surface area contributed by atoms with Gasteiger partial charge in [-0.25, -0.2) is 4.98 Å². The first-order chi connectivity index (χ1) is 10.7. The molecule has 5 nitrogen and oxygen atoms in total. The third kappa shape index (κ3) is 2.34. The third-order valence-corrected chi connectivity index (χ3v) is 3.33. The van der Waals surface area contributed by atoms with Crippen molar-refractivity contribution >= 4 is 11.8 Å². The molecule has 0 aliphatic rings. The molecule has 1 aromatic heterocycles. The maximum Gasteiger partial charge on any atom is 0.222 e. The van der Waals surface area contributed by atoms with Gasteiger partial charge in [-0.2, -0.15) is 10.2 Å². The highest BCUT2D eigenvalue weighted by atomic mass is 15.0. The zero-order valence-electron chi connectivity index (χ0n) is 11.7. The Morgan fingerprint density at radius 2 is 1.45 bits per heavy atom. The van der Waals surface area contributed by atoms with Gasteiger partial charge in [-0.1, -0.05) is 54.6 Å². The van der Waals surface area contributed by atoms with E-state index in [9.17, 15) is 5.26 Å². The number of nitrogens with two attached hydrogens (primary N) is 2. The molecule has 0 saturated carbocycles. The van der Waals surface area contributed by atoms with Crippen molar-refractivity contribution in [3.8, 4) is 28.5 Å². The van der Waals surface area contributed by atoms with E-state index < -0.39 is 0 Å². The summed E-state index contributed by atoms with van der Waals surface area (Å²) in [6.07, 6.45) is 0. The van der Waals surface area contributed by atoms with E-state index in [4.69, 9.17) is 11.5 Å². The molecule has 0 aliphatic carbocycles. The molecule has 0 aliphatic heterocycles. The summed E-state index contributed by atoms with van der Waals surface area (Å²) in [5.74, 6) is 0.141. The molecule has 0 radical (unpaired) electrons. The van der Waals surface area contributed by atoms with Gasteiger partial charge in [0.1, 0.15) is 17.5 Å². The summed E-state index contributed by atoms with van der Waals surface area (Å²) in [7, 11) is 0. The summed E-state index contributed by atoms with van der Waals surface area (Å²) in [6, 6.07) is 19.6. The highest BCUT2D eigenvalue weighted by Gasteiger charge is 2.16. The number of rotatable bonds is 2. The van der Waals surface area contributed by atoms with Crippen LogP contribution >= 0.6 is 0 Å². The summed E-state index contributed by atoms with van der Waals surface area (Å²) in [4.78, 5) is 8.08. The van der Waals surface area contributed by atoms with Crippen LogP contribution in [0.5, 0.6) is 0 Å². The summed E-state index contributed by atoms with van der Waals surface area (Å²) in [5.41, 5.74) is 15.0. The van der Waals surface area contributed by atoms with Gasteiger partial charge in [-0.15, -0.1) is 0 Å². The number of benzene rings is 2. The number of hydrogen-bond donors (Lipinski definition) is 2. The van der Waals surface area contributed by atoms with Crippen LogP contribution in [-0.2, 0) is 0 Å². The number of hydrogen-bond acceptors (Lipinski definition) is 5. The lowest BCUT2D eigenvalue weighted by molar-refractivity contribution is 1.18. The van der Waals surface area contributed by atoms with Crippen LogP contribution in [0.2, 0.25) is 0 Å². The summed E-state index contributed by atoms with van der Waals surface area (Å²) in [5, 5.41) is 9.36. The van der Waals surface area contributed by atoms with E-state index in [0.29, 0.717) is 5.69 Å². The van der Waals surface area contributed by atoms with E-state index in [1.807, 2.05) is 54.6 Å². The quantitative estimate of drug-likeness (QED) is 0.754. The van der Waals surface area contributed by atoms with Gasteiger partial charge in [0, 0.05) is 5.56 Å². The zero-order valence-corrected chi connectivity index (χ0v) is 11.7. The van der Waals surface area contributed by atoms with Gasteiger partial charge in [-0.05, 0) is 11.1 Å². The second-order valence-electron chi connectivity index (χ2n) is 4.71. The van der Waals surface area contributed by atoms with E-state index >= 15 is 0 Å². The molecule has 0 saturated heterocycles. The molecular formula is C17H13N5. The average molecular weight is 287 g/mol. The van der Waals surface area contributed by atoms with Crippen LogP contribution < -0.4 is 11.5 Å². The van der Waals surface area contributed by atoms with Crippen LogP contribution in [0.15, 0.2) is 54.6 Å². The van der Waals surface area contributed by atoms with Crippen LogP contribution in [0.25, 0.3) is 22.4 Å². The fourth-order valence-corrected chi connectivity index (χ4v) is 2.36. The van der Waals surface area contributed by atoms with Crippen molar-refractivity contribution in [3.63, 3.8) is 0 Å². The Morgan fingerprint density at radius 3 is 2.14 bits per heavy atom. The lowest BCUT2D eigenvalue weighted by Crippen LogP contribution is -2.05. The van der Waals surface area contributed by atoms with Gasteiger partial charge < -0.3 is 11.5 Å². The van der Waals surface area contributed by atoms with Crippen molar-refractivity contribution in [2.45, 2.75) is 0 Å². The fraction of sp³-hybridized carbons (Fsp3) is 0. The first kappa shape index (κ1) is 13.6. The molecule has 0 unspecified atom stereocenters. The molecule has 1 heterocycles. The van der Waals surface area contributed by atoms with Crippen LogP contribution in [0.3, 0.4) is 0 Å². The molecule has 0 spiro atoms. The molecule has 0 fully saturated rings. The number of nitrogens with zero attached hydrogens (tertiary/aromatic N) is 3. The number of anilines is 2. The Labute approximate surface area is 127 Å². The van der Waals surface area contributed by atoms with E-state index in [0.717, 1.165) is 16.7 Å². The monoisotopic (exact) mass is 287 g/mol. The molecule has 3 aromatic rings. The van der Waals surface area contributed by atoms with Crippen molar-refractivity contribution in [2.75, 3.05) is 11.5 Å². The maximum atomic E-state index is 9.36. The molecule has 4 N–H and O–H groups in total. The minimum atomic E-state index is 0.0503. The van der Waals surface area contributed by atoms with Gasteiger partial charge in [0.05, 0.1) is 5.69 Å². The molecule has 5 heteroatoms. The third-order valence-electron chi connectivity index (χ3n) is 3.33. The molecule has 106 valence electrons. The highest BCUT2D eigenvalue weighted by molar-refractivity contribution is 5.85. The lowest BCUT2D eigenvalue weighted by atomic mass is 9.95. The smallest absolute Gasteiger partial charge is 0.222 e. The van der Waals surface area contributed by atoms with Crippen molar-refractivity contribution in [1.29, 1.82) is 5.26 Å². The molecule has 0 atom stereocenters. The Balaban J connectivity index is 2.30. The van der Waals surface area contributed by atoms with Crippen molar-refractivity contribution in [3.05, 3.63) is 60.2 Å². The van der Waals surface area contributed by atoms with E-state index in [2.05, 4.69) is 16.0 Å². The molecule has 0 bridgehead atoms. The summed E-state index contributed by atoms with van der Waals surface area (Å²) < 4.78 is 0. The Kier molecular flexibility index (Phi) is 3.42. The average Bonchev–Trinajstić information content (AvgIpc) is 2.55. The van der Waals surface area contributed by atoms with Crippen molar-refractivity contribution < 1.29 is 0 Å². The second kappa shape index (κ2) is 5.54. The van der Waals surface area contributed by atoms with Gasteiger partial charge in [0.2, 0.25) is 5.95 Å². The first-order valence-electron chi connectivity index (χ1n) is 6.68. The Bertz CT molecular complexity index is 866. The van der Waals surface area contributed by atoms with E-state index in [1.54, 1.807) is 0 Å². The van der Waals surface area contributed by atoms with Crippen LogP contribution in [0.4, 0.5) is 11.8 Å². The molecule has 3 rings (SSSR count). The minimum Gasteiger partial charge on any atom is -0.382 e. The van der Waals surface area contributed by atoms with Gasteiger partial charge in [0.25, 0.3) is 0 Å². The molecule has 22 heavy (non-hydrogen) atoms. The second-order valence-corrected chi connectivity index (χ2v) is 4.71. The molecule has 0 amide bonds. The van der Waals surface area contributed by atoms with Crippen molar-refractivity contribution in [2.24, 2.45) is 0 Å². The van der Waals surface area contributed by atoms with Gasteiger partial charge >= 0.3 is 0 Å². The molecule has 2 aromatic carbocycles.